The van der Waals surface area contributed by atoms with E-state index in [0.717, 1.165) is 54.3 Å². The molecule has 0 aliphatic carbocycles. The Balaban J connectivity index is 2.24. The number of esters is 1. The highest BCUT2D eigenvalue weighted by Crippen LogP contribution is 2.34. The van der Waals surface area contributed by atoms with Gasteiger partial charge in [0.25, 0.3) is 0 Å². The molecule has 0 aliphatic heterocycles. The minimum Gasteiger partial charge on any atom is -0.466 e. The molecular formula is C26H34ClNO3. The van der Waals surface area contributed by atoms with Gasteiger partial charge in [0.1, 0.15) is 11.5 Å². The summed E-state index contributed by atoms with van der Waals surface area (Å²) >= 11 is 6.09. The standard InChI is InChI=1S/C26H34ClNO3/c1-6-15-28(18-21(7-2)17-26(29)30-8-3)20(5)23-11-9-10-12-25(23)31-24-14-13-22(27)16-19(24)4/h9-14,16,21H,5-8,15,17-18H2,1-4H3. The summed E-state index contributed by atoms with van der Waals surface area (Å²) in [5, 5.41) is 0.684. The number of halogens is 1. The molecule has 0 aliphatic rings. The summed E-state index contributed by atoms with van der Waals surface area (Å²) in [6, 6.07) is 13.5. The molecule has 0 N–H and O–H groups in total. The normalized spacial score (nSPS) is 11.6. The number of aryl methyl sites for hydroxylation is 1. The molecule has 0 radical (unpaired) electrons. The number of hydrogen-bond donors (Lipinski definition) is 0. The van der Waals surface area contributed by atoms with Crippen LogP contribution < -0.4 is 4.74 Å². The lowest BCUT2D eigenvalue weighted by molar-refractivity contribution is -0.144. The van der Waals surface area contributed by atoms with E-state index in [9.17, 15) is 4.79 Å². The van der Waals surface area contributed by atoms with Gasteiger partial charge in [0, 0.05) is 35.8 Å². The van der Waals surface area contributed by atoms with Crippen LogP contribution in [-0.2, 0) is 9.53 Å². The first-order chi connectivity index (χ1) is 14.9. The summed E-state index contributed by atoms with van der Waals surface area (Å²) in [5.41, 5.74) is 2.81. The molecule has 2 aromatic carbocycles. The second-order valence-corrected chi connectivity index (χ2v) is 8.12. The van der Waals surface area contributed by atoms with Crippen molar-refractivity contribution in [2.45, 2.75) is 47.0 Å². The molecule has 31 heavy (non-hydrogen) atoms. The highest BCUT2D eigenvalue weighted by molar-refractivity contribution is 6.30. The Morgan fingerprint density at radius 3 is 2.52 bits per heavy atom. The maximum absolute atomic E-state index is 12.0. The molecule has 4 nitrogen and oxygen atoms in total. The van der Waals surface area contributed by atoms with Crippen LogP contribution in [0.5, 0.6) is 11.5 Å². The van der Waals surface area contributed by atoms with E-state index in [1.165, 1.54) is 0 Å². The minimum atomic E-state index is -0.140. The fraction of sp³-hybridized carbons (Fsp3) is 0.423. The molecule has 0 spiro atoms. The zero-order valence-electron chi connectivity index (χ0n) is 19.1. The predicted molar refractivity (Wildman–Crippen MR) is 129 cm³/mol. The fourth-order valence-electron chi connectivity index (χ4n) is 3.52. The monoisotopic (exact) mass is 443 g/mol. The topological polar surface area (TPSA) is 38.8 Å². The zero-order chi connectivity index (χ0) is 22.8. The summed E-state index contributed by atoms with van der Waals surface area (Å²) in [7, 11) is 0. The maximum atomic E-state index is 12.0. The van der Waals surface area contributed by atoms with Crippen LogP contribution in [0.4, 0.5) is 0 Å². The van der Waals surface area contributed by atoms with E-state index in [0.29, 0.717) is 18.1 Å². The number of hydrogen-bond acceptors (Lipinski definition) is 4. The van der Waals surface area contributed by atoms with Gasteiger partial charge in [-0.15, -0.1) is 0 Å². The lowest BCUT2D eigenvalue weighted by Gasteiger charge is -2.31. The SMILES string of the molecule is C=C(c1ccccc1Oc1ccc(Cl)cc1C)N(CCC)CC(CC)CC(=O)OCC. The van der Waals surface area contributed by atoms with E-state index in [2.05, 4.69) is 25.3 Å². The van der Waals surface area contributed by atoms with Crippen molar-refractivity contribution in [1.82, 2.24) is 4.90 Å². The third-order valence-electron chi connectivity index (χ3n) is 5.25. The maximum Gasteiger partial charge on any atom is 0.306 e. The smallest absolute Gasteiger partial charge is 0.306 e. The molecule has 1 unspecified atom stereocenters. The molecule has 2 aromatic rings. The summed E-state index contributed by atoms with van der Waals surface area (Å²) in [4.78, 5) is 14.3. The van der Waals surface area contributed by atoms with Crippen LogP contribution in [0.25, 0.3) is 5.70 Å². The number of para-hydroxylation sites is 1. The van der Waals surface area contributed by atoms with Crippen molar-refractivity contribution in [1.29, 1.82) is 0 Å². The van der Waals surface area contributed by atoms with Gasteiger partial charge in [-0.1, -0.05) is 50.6 Å². The third-order valence-corrected chi connectivity index (χ3v) is 5.48. The van der Waals surface area contributed by atoms with E-state index >= 15 is 0 Å². The van der Waals surface area contributed by atoms with E-state index in [-0.39, 0.29) is 11.9 Å². The quantitative estimate of drug-likeness (QED) is 0.328. The van der Waals surface area contributed by atoms with Crippen LogP contribution in [0.15, 0.2) is 49.0 Å². The Morgan fingerprint density at radius 1 is 1.13 bits per heavy atom. The Kier molecular flexibility index (Phi) is 9.93. The fourth-order valence-corrected chi connectivity index (χ4v) is 3.75. The highest BCUT2D eigenvalue weighted by Gasteiger charge is 2.20. The second-order valence-electron chi connectivity index (χ2n) is 7.68. The number of ether oxygens (including phenoxy) is 2. The summed E-state index contributed by atoms with van der Waals surface area (Å²) in [6.45, 7) is 14.5. The van der Waals surface area contributed by atoms with Gasteiger partial charge >= 0.3 is 5.97 Å². The number of carbonyl (C=O) groups excluding carboxylic acids is 1. The van der Waals surface area contributed by atoms with Gasteiger partial charge in [-0.2, -0.15) is 0 Å². The highest BCUT2D eigenvalue weighted by atomic mass is 35.5. The molecule has 0 amide bonds. The first-order valence-corrected chi connectivity index (χ1v) is 11.4. The zero-order valence-corrected chi connectivity index (χ0v) is 19.9. The van der Waals surface area contributed by atoms with Crippen molar-refractivity contribution in [2.75, 3.05) is 19.7 Å². The lowest BCUT2D eigenvalue weighted by Crippen LogP contribution is -2.30. The molecule has 0 fully saturated rings. The minimum absolute atomic E-state index is 0.140. The first-order valence-electron chi connectivity index (χ1n) is 11.0. The Morgan fingerprint density at radius 2 is 1.87 bits per heavy atom. The Bertz CT molecular complexity index is 881. The van der Waals surface area contributed by atoms with Gasteiger partial charge in [-0.25, -0.2) is 0 Å². The van der Waals surface area contributed by atoms with Crippen molar-refractivity contribution in [3.63, 3.8) is 0 Å². The van der Waals surface area contributed by atoms with E-state index in [1.807, 2.05) is 56.3 Å². The van der Waals surface area contributed by atoms with Crippen LogP contribution in [0.2, 0.25) is 5.02 Å². The first kappa shape index (κ1) is 24.8. The average Bonchev–Trinajstić information content (AvgIpc) is 2.74. The average molecular weight is 444 g/mol. The van der Waals surface area contributed by atoms with E-state index < -0.39 is 0 Å². The van der Waals surface area contributed by atoms with Crippen LogP contribution in [0, 0.1) is 12.8 Å². The van der Waals surface area contributed by atoms with Gasteiger partial charge in [0.05, 0.1) is 6.61 Å². The molecule has 1 atom stereocenters. The molecule has 0 heterocycles. The number of carbonyl (C=O) groups is 1. The number of rotatable bonds is 12. The second kappa shape index (κ2) is 12.4. The third kappa shape index (κ3) is 7.32. The predicted octanol–water partition coefficient (Wildman–Crippen LogP) is 7.10. The van der Waals surface area contributed by atoms with E-state index in [4.69, 9.17) is 21.1 Å². The van der Waals surface area contributed by atoms with Crippen LogP contribution in [0.1, 0.15) is 51.2 Å². The summed E-state index contributed by atoms with van der Waals surface area (Å²) in [5.74, 6) is 1.57. The van der Waals surface area contributed by atoms with Crippen LogP contribution in [-0.4, -0.2) is 30.6 Å². The molecule has 0 aromatic heterocycles. The summed E-state index contributed by atoms with van der Waals surface area (Å²) < 4.78 is 11.4. The lowest BCUT2D eigenvalue weighted by atomic mass is 10.0. The summed E-state index contributed by atoms with van der Waals surface area (Å²) in [6.07, 6.45) is 2.29. The van der Waals surface area contributed by atoms with Crippen LogP contribution in [0.3, 0.4) is 0 Å². The molecule has 0 saturated carbocycles. The largest absolute Gasteiger partial charge is 0.466 e. The number of benzene rings is 2. The molecule has 0 saturated heterocycles. The molecule has 0 bridgehead atoms. The van der Waals surface area contributed by atoms with Crippen molar-refractivity contribution >= 4 is 23.3 Å². The molecule has 5 heteroatoms. The van der Waals surface area contributed by atoms with Crippen molar-refractivity contribution in [3.05, 3.63) is 65.2 Å². The van der Waals surface area contributed by atoms with Crippen molar-refractivity contribution in [3.8, 4) is 11.5 Å². The van der Waals surface area contributed by atoms with Gasteiger partial charge in [-0.3, -0.25) is 4.79 Å². The molecular weight excluding hydrogens is 410 g/mol. The van der Waals surface area contributed by atoms with Crippen LogP contribution >= 0.6 is 11.6 Å². The number of nitrogens with zero attached hydrogens (tertiary/aromatic N) is 1. The molecule has 2 rings (SSSR count). The van der Waals surface area contributed by atoms with Gasteiger partial charge < -0.3 is 14.4 Å². The Hall–Kier alpha value is -2.46. The van der Waals surface area contributed by atoms with Gasteiger partial charge in [0.2, 0.25) is 0 Å². The van der Waals surface area contributed by atoms with E-state index in [1.54, 1.807) is 0 Å². The Labute approximate surface area is 191 Å². The van der Waals surface area contributed by atoms with Gasteiger partial charge in [0.15, 0.2) is 0 Å². The van der Waals surface area contributed by atoms with Crippen molar-refractivity contribution in [2.24, 2.45) is 5.92 Å². The van der Waals surface area contributed by atoms with Gasteiger partial charge in [-0.05, 0) is 62.1 Å². The molecule has 168 valence electrons. The van der Waals surface area contributed by atoms with Crippen molar-refractivity contribution < 1.29 is 14.3 Å².